The van der Waals surface area contributed by atoms with E-state index in [0.29, 0.717) is 24.3 Å². The Morgan fingerprint density at radius 3 is 2.43 bits per heavy atom. The van der Waals surface area contributed by atoms with Gasteiger partial charge in [-0.1, -0.05) is 6.07 Å². The van der Waals surface area contributed by atoms with Crippen molar-refractivity contribution in [2.24, 2.45) is 0 Å². The maximum atomic E-state index is 10.5. The summed E-state index contributed by atoms with van der Waals surface area (Å²) in [5.74, 6) is 0.649. The van der Waals surface area contributed by atoms with Gasteiger partial charge in [0.1, 0.15) is 5.75 Å². The minimum atomic E-state index is 0.455. The Balaban J connectivity index is 3.10. The van der Waals surface area contributed by atoms with Crippen molar-refractivity contribution in [3.8, 4) is 5.75 Å². The fourth-order valence-electron chi connectivity index (χ4n) is 1.12. The van der Waals surface area contributed by atoms with Gasteiger partial charge >= 0.3 is 0 Å². The third kappa shape index (κ3) is 1.90. The Hall–Kier alpha value is -1.84. The fraction of sp³-hybridized carbons (Fsp3) is 0.200. The van der Waals surface area contributed by atoms with Gasteiger partial charge in [-0.15, -0.1) is 0 Å². The Labute approximate surface area is 82.1 Å². The number of amides is 2. The first-order valence-electron chi connectivity index (χ1n) is 4.06. The van der Waals surface area contributed by atoms with Crippen molar-refractivity contribution in [1.29, 1.82) is 0 Å². The van der Waals surface area contributed by atoms with Crippen LogP contribution in [0, 0.1) is 6.92 Å². The maximum absolute atomic E-state index is 10.5. The second kappa shape index (κ2) is 4.41. The molecule has 0 aliphatic rings. The van der Waals surface area contributed by atoms with Crippen LogP contribution in [0.3, 0.4) is 0 Å². The van der Waals surface area contributed by atoms with Crippen LogP contribution in [0.2, 0.25) is 0 Å². The number of carbonyl (C=O) groups is 2. The summed E-state index contributed by atoms with van der Waals surface area (Å²) in [6.07, 6.45) is 0.911. The molecule has 0 aliphatic carbocycles. The smallest absolute Gasteiger partial charge is 0.220 e. The molecule has 74 valence electrons. The molecule has 1 aromatic rings. The molecule has 0 bridgehead atoms. The first-order chi connectivity index (χ1) is 6.72. The topological polar surface area (TPSA) is 46.6 Å². The predicted molar refractivity (Wildman–Crippen MR) is 52.3 cm³/mol. The number of rotatable bonds is 4. The molecule has 0 spiro atoms. The van der Waals surface area contributed by atoms with Crippen LogP contribution in [0.25, 0.3) is 0 Å². The van der Waals surface area contributed by atoms with Crippen LogP contribution in [0.4, 0.5) is 5.69 Å². The molecule has 2 amide bonds. The van der Waals surface area contributed by atoms with Crippen molar-refractivity contribution >= 4 is 18.5 Å². The minimum absolute atomic E-state index is 0.455. The number of hydrogen-bond acceptors (Lipinski definition) is 3. The molecule has 0 heterocycles. The van der Waals surface area contributed by atoms with Crippen molar-refractivity contribution in [3.63, 3.8) is 0 Å². The molecule has 0 unspecified atom stereocenters. The quantitative estimate of drug-likeness (QED) is 0.673. The second-order valence-electron chi connectivity index (χ2n) is 2.77. The van der Waals surface area contributed by atoms with E-state index in [2.05, 4.69) is 0 Å². The van der Waals surface area contributed by atoms with Crippen molar-refractivity contribution in [3.05, 3.63) is 23.8 Å². The van der Waals surface area contributed by atoms with E-state index in [1.54, 1.807) is 18.2 Å². The third-order valence-corrected chi connectivity index (χ3v) is 1.92. The summed E-state index contributed by atoms with van der Waals surface area (Å²) in [5.41, 5.74) is 1.45. The van der Waals surface area contributed by atoms with E-state index in [-0.39, 0.29) is 0 Å². The van der Waals surface area contributed by atoms with E-state index >= 15 is 0 Å². The Morgan fingerprint density at radius 1 is 1.29 bits per heavy atom. The molecule has 14 heavy (non-hydrogen) atoms. The highest BCUT2D eigenvalue weighted by Crippen LogP contribution is 2.23. The summed E-state index contributed by atoms with van der Waals surface area (Å²) in [7, 11) is 1.54. The van der Waals surface area contributed by atoms with Crippen molar-refractivity contribution in [2.75, 3.05) is 12.0 Å². The Bertz CT molecular complexity index is 341. The highest BCUT2D eigenvalue weighted by molar-refractivity contribution is 5.95. The Morgan fingerprint density at radius 2 is 1.93 bits per heavy atom. The van der Waals surface area contributed by atoms with Gasteiger partial charge in [-0.2, -0.15) is 0 Å². The monoisotopic (exact) mass is 193 g/mol. The average molecular weight is 193 g/mol. The zero-order valence-electron chi connectivity index (χ0n) is 8.06. The van der Waals surface area contributed by atoms with Gasteiger partial charge < -0.3 is 4.74 Å². The molecule has 0 atom stereocenters. The molecule has 0 N–H and O–H groups in total. The van der Waals surface area contributed by atoms with Crippen molar-refractivity contribution in [2.45, 2.75) is 6.92 Å². The molecule has 0 radical (unpaired) electrons. The average Bonchev–Trinajstić information content (AvgIpc) is 2.22. The molecule has 0 fully saturated rings. The molecule has 1 aromatic carbocycles. The standard InChI is InChI=1S/C10H11NO3/c1-8-3-4-9(5-10(8)14-2)11(6-12)7-13/h3-7H,1-2H3. The minimum Gasteiger partial charge on any atom is -0.496 e. The number of aryl methyl sites for hydroxylation is 1. The van der Waals surface area contributed by atoms with Crippen LogP contribution in [0.5, 0.6) is 5.75 Å². The zero-order chi connectivity index (χ0) is 10.6. The molecule has 0 aromatic heterocycles. The maximum Gasteiger partial charge on any atom is 0.220 e. The summed E-state index contributed by atoms with van der Waals surface area (Å²) in [5, 5.41) is 0. The van der Waals surface area contributed by atoms with Crippen molar-refractivity contribution in [1.82, 2.24) is 0 Å². The molecular weight excluding hydrogens is 182 g/mol. The summed E-state index contributed by atoms with van der Waals surface area (Å²) in [4.78, 5) is 21.9. The lowest BCUT2D eigenvalue weighted by Gasteiger charge is -2.11. The predicted octanol–water partition coefficient (Wildman–Crippen LogP) is 1.12. The van der Waals surface area contributed by atoms with Gasteiger partial charge in [-0.25, -0.2) is 0 Å². The fourth-order valence-corrected chi connectivity index (χ4v) is 1.12. The molecule has 0 saturated heterocycles. The number of benzene rings is 1. The first-order valence-corrected chi connectivity index (χ1v) is 4.06. The van der Waals surface area contributed by atoms with E-state index in [9.17, 15) is 9.59 Å². The number of carbonyl (C=O) groups excluding carboxylic acids is 2. The summed E-state index contributed by atoms with van der Waals surface area (Å²) >= 11 is 0. The van der Waals surface area contributed by atoms with E-state index in [0.717, 1.165) is 10.5 Å². The lowest BCUT2D eigenvalue weighted by molar-refractivity contribution is -0.113. The highest BCUT2D eigenvalue weighted by atomic mass is 16.5. The molecule has 4 nitrogen and oxygen atoms in total. The summed E-state index contributed by atoms with van der Waals surface area (Å²) in [6, 6.07) is 5.10. The van der Waals surface area contributed by atoms with Gasteiger partial charge in [0.05, 0.1) is 12.8 Å². The zero-order valence-corrected chi connectivity index (χ0v) is 8.06. The lowest BCUT2D eigenvalue weighted by atomic mass is 10.2. The molecule has 0 aliphatic heterocycles. The SMILES string of the molecule is COc1cc(N(C=O)C=O)ccc1C. The van der Waals surface area contributed by atoms with Gasteiger partial charge in [0.15, 0.2) is 0 Å². The van der Waals surface area contributed by atoms with Gasteiger partial charge in [-0.3, -0.25) is 14.5 Å². The van der Waals surface area contributed by atoms with E-state index < -0.39 is 0 Å². The molecule has 4 heteroatoms. The van der Waals surface area contributed by atoms with E-state index in [1.807, 2.05) is 6.92 Å². The van der Waals surface area contributed by atoms with Gasteiger partial charge in [0, 0.05) is 6.07 Å². The first kappa shape index (κ1) is 10.2. The van der Waals surface area contributed by atoms with Gasteiger partial charge in [-0.05, 0) is 18.6 Å². The van der Waals surface area contributed by atoms with Crippen LogP contribution in [-0.4, -0.2) is 19.9 Å². The number of anilines is 1. The van der Waals surface area contributed by atoms with Crippen molar-refractivity contribution < 1.29 is 14.3 Å². The summed E-state index contributed by atoms with van der Waals surface area (Å²) < 4.78 is 5.07. The normalized spacial score (nSPS) is 9.29. The number of ether oxygens (including phenoxy) is 1. The van der Waals surface area contributed by atoms with Crippen LogP contribution in [0.15, 0.2) is 18.2 Å². The van der Waals surface area contributed by atoms with Gasteiger partial charge in [0.2, 0.25) is 12.8 Å². The van der Waals surface area contributed by atoms with Gasteiger partial charge in [0.25, 0.3) is 0 Å². The third-order valence-electron chi connectivity index (χ3n) is 1.92. The van der Waals surface area contributed by atoms with E-state index in [4.69, 9.17) is 4.74 Å². The summed E-state index contributed by atoms with van der Waals surface area (Å²) in [6.45, 7) is 1.88. The number of hydrogen-bond donors (Lipinski definition) is 0. The van der Waals surface area contributed by atoms with Crippen LogP contribution in [-0.2, 0) is 9.59 Å². The number of methoxy groups -OCH3 is 1. The van der Waals surface area contributed by atoms with Crippen LogP contribution in [0.1, 0.15) is 5.56 Å². The molecule has 1 rings (SSSR count). The van der Waals surface area contributed by atoms with E-state index in [1.165, 1.54) is 7.11 Å². The highest BCUT2D eigenvalue weighted by Gasteiger charge is 2.06. The van der Waals surface area contributed by atoms with Crippen LogP contribution >= 0.6 is 0 Å². The molecule has 0 saturated carbocycles. The van der Waals surface area contributed by atoms with Crippen LogP contribution < -0.4 is 9.64 Å². The lowest BCUT2D eigenvalue weighted by Crippen LogP contribution is -2.18. The molecular formula is C10H11NO3. The Kier molecular flexibility index (Phi) is 3.23. The second-order valence-corrected chi connectivity index (χ2v) is 2.77. The largest absolute Gasteiger partial charge is 0.496 e. The number of imide groups is 1. The number of nitrogens with zero attached hydrogens (tertiary/aromatic N) is 1.